The van der Waals surface area contributed by atoms with Crippen LogP contribution < -0.4 is 11.1 Å². The van der Waals surface area contributed by atoms with Crippen LogP contribution in [0.1, 0.15) is 10.4 Å². The Kier molecular flexibility index (Phi) is 4.36. The number of nitrogens with one attached hydrogen (secondary N) is 1. The molecule has 0 saturated carbocycles. The second-order valence-electron chi connectivity index (χ2n) is 4.33. The number of hydrogen-bond donors (Lipinski definition) is 3. The topological polar surface area (TPSA) is 92.4 Å². The Labute approximate surface area is 123 Å². The number of carbonyl (C=O) groups excluding carboxylic acids is 2. The number of nitrogens with two attached hydrogens (primary N) is 1. The molecule has 4 N–H and O–H groups in total. The van der Waals surface area contributed by atoms with Gasteiger partial charge in [-0.1, -0.05) is 28.1 Å². The first-order chi connectivity index (χ1) is 9.47. The molecule has 0 aromatic heterocycles. The van der Waals surface area contributed by atoms with E-state index in [1.54, 1.807) is 12.1 Å². The normalized spacial score (nSPS) is 12.1. The molecule has 1 atom stereocenters. The summed E-state index contributed by atoms with van der Waals surface area (Å²) in [5.74, 6) is -1.23. The Balaban J connectivity index is 2.14. The summed E-state index contributed by atoms with van der Waals surface area (Å²) in [5, 5.41) is 13.6. The third-order valence-electron chi connectivity index (χ3n) is 2.85. The fourth-order valence-corrected chi connectivity index (χ4v) is 2.13. The van der Waals surface area contributed by atoms with Crippen molar-refractivity contribution in [1.82, 2.24) is 5.32 Å². The molecule has 1 unspecified atom stereocenters. The molecule has 2 aromatic rings. The Morgan fingerprint density at radius 1 is 1.20 bits per heavy atom. The number of hydrogen-bond acceptors (Lipinski definition) is 3. The minimum Gasteiger partial charge on any atom is -0.381 e. The van der Waals surface area contributed by atoms with Crippen molar-refractivity contribution in [3.8, 4) is 0 Å². The zero-order chi connectivity index (χ0) is 14.7. The maximum atomic E-state index is 11.9. The highest BCUT2D eigenvalue weighted by Crippen LogP contribution is 2.20. The minimum atomic E-state index is -1.38. The van der Waals surface area contributed by atoms with Gasteiger partial charge in [0.2, 0.25) is 5.91 Å². The van der Waals surface area contributed by atoms with Crippen LogP contribution in [0.4, 0.5) is 0 Å². The Morgan fingerprint density at radius 2 is 1.85 bits per heavy atom. The molecule has 20 heavy (non-hydrogen) atoms. The van der Waals surface area contributed by atoms with E-state index in [0.29, 0.717) is 5.56 Å². The van der Waals surface area contributed by atoms with Crippen molar-refractivity contribution in [3.05, 3.63) is 46.4 Å². The number of carbonyl (C=O) groups is 2. The van der Waals surface area contributed by atoms with Gasteiger partial charge in [0.05, 0.1) is 6.54 Å². The summed E-state index contributed by atoms with van der Waals surface area (Å²) in [7, 11) is 0. The van der Waals surface area contributed by atoms with E-state index < -0.39 is 12.0 Å². The van der Waals surface area contributed by atoms with Gasteiger partial charge in [0.25, 0.3) is 5.91 Å². The molecule has 104 valence electrons. The van der Waals surface area contributed by atoms with Gasteiger partial charge in [-0.05, 0) is 35.0 Å². The highest BCUT2D eigenvalue weighted by Gasteiger charge is 2.13. The van der Waals surface area contributed by atoms with Gasteiger partial charge in [-0.3, -0.25) is 9.59 Å². The number of fused-ring (bicyclic) bond motifs is 1. The van der Waals surface area contributed by atoms with Crippen LogP contribution in [0.2, 0.25) is 0 Å². The van der Waals surface area contributed by atoms with Crippen molar-refractivity contribution >= 4 is 38.5 Å². The first kappa shape index (κ1) is 14.5. The molecule has 0 spiro atoms. The molecular weight excluding hydrogens is 324 g/mol. The predicted molar refractivity (Wildman–Crippen MR) is 79.2 cm³/mol. The molecule has 2 aromatic carbocycles. The zero-order valence-corrected chi connectivity index (χ0v) is 12.1. The molecule has 0 bridgehead atoms. The number of aliphatic hydroxyl groups is 1. The zero-order valence-electron chi connectivity index (χ0n) is 10.5. The fourth-order valence-electron chi connectivity index (χ4n) is 1.75. The van der Waals surface area contributed by atoms with E-state index in [1.807, 2.05) is 24.3 Å². The largest absolute Gasteiger partial charge is 0.381 e. The van der Waals surface area contributed by atoms with E-state index in [0.717, 1.165) is 15.2 Å². The SMILES string of the molecule is NC(=O)C(O)CNC(=O)c1ccc2cc(Br)ccc2c1. The maximum absolute atomic E-state index is 11.9. The summed E-state index contributed by atoms with van der Waals surface area (Å²) >= 11 is 3.38. The lowest BCUT2D eigenvalue weighted by Crippen LogP contribution is -2.39. The van der Waals surface area contributed by atoms with Crippen LogP contribution in [0.15, 0.2) is 40.9 Å². The van der Waals surface area contributed by atoms with Crippen LogP contribution in [0.3, 0.4) is 0 Å². The molecule has 0 aliphatic rings. The van der Waals surface area contributed by atoms with Crippen LogP contribution in [0, 0.1) is 0 Å². The van der Waals surface area contributed by atoms with Gasteiger partial charge in [-0.15, -0.1) is 0 Å². The van der Waals surface area contributed by atoms with Gasteiger partial charge in [0.1, 0.15) is 6.10 Å². The molecule has 2 amide bonds. The second-order valence-corrected chi connectivity index (χ2v) is 5.25. The minimum absolute atomic E-state index is 0.202. The molecule has 0 aliphatic heterocycles. The van der Waals surface area contributed by atoms with Crippen molar-refractivity contribution in [2.45, 2.75) is 6.10 Å². The lowest BCUT2D eigenvalue weighted by molar-refractivity contribution is -0.125. The van der Waals surface area contributed by atoms with Crippen LogP contribution in [0.5, 0.6) is 0 Å². The van der Waals surface area contributed by atoms with Crippen LogP contribution >= 0.6 is 15.9 Å². The van der Waals surface area contributed by atoms with E-state index in [9.17, 15) is 14.7 Å². The van der Waals surface area contributed by atoms with Gasteiger partial charge in [0, 0.05) is 10.0 Å². The predicted octanol–water partition coefficient (Wildman–Crippen LogP) is 1.18. The van der Waals surface area contributed by atoms with Crippen molar-refractivity contribution in [1.29, 1.82) is 0 Å². The first-order valence-corrected chi connectivity index (χ1v) is 6.71. The third-order valence-corrected chi connectivity index (χ3v) is 3.34. The average Bonchev–Trinajstić information content (AvgIpc) is 2.43. The van der Waals surface area contributed by atoms with E-state index in [1.165, 1.54) is 0 Å². The number of primary amides is 1. The molecule has 0 saturated heterocycles. The Morgan fingerprint density at radius 3 is 2.55 bits per heavy atom. The van der Waals surface area contributed by atoms with E-state index in [4.69, 9.17) is 5.73 Å². The summed E-state index contributed by atoms with van der Waals surface area (Å²) in [6.45, 7) is -0.202. The van der Waals surface area contributed by atoms with Gasteiger partial charge < -0.3 is 16.2 Å². The van der Waals surface area contributed by atoms with Gasteiger partial charge in [-0.25, -0.2) is 0 Å². The van der Waals surface area contributed by atoms with Gasteiger partial charge in [-0.2, -0.15) is 0 Å². The number of rotatable bonds is 4. The Hall–Kier alpha value is -1.92. The number of halogens is 1. The molecular formula is C14H13BrN2O3. The third kappa shape index (κ3) is 3.34. The van der Waals surface area contributed by atoms with Crippen molar-refractivity contribution in [3.63, 3.8) is 0 Å². The van der Waals surface area contributed by atoms with Crippen LogP contribution in [0.25, 0.3) is 10.8 Å². The number of amides is 2. The monoisotopic (exact) mass is 336 g/mol. The van der Waals surface area contributed by atoms with Crippen molar-refractivity contribution in [2.75, 3.05) is 6.54 Å². The highest BCUT2D eigenvalue weighted by molar-refractivity contribution is 9.10. The molecule has 5 nitrogen and oxygen atoms in total. The molecule has 0 radical (unpaired) electrons. The molecule has 6 heteroatoms. The summed E-state index contributed by atoms with van der Waals surface area (Å²) in [4.78, 5) is 22.6. The second kappa shape index (κ2) is 6.02. The quantitative estimate of drug-likeness (QED) is 0.782. The molecule has 0 aliphatic carbocycles. The van der Waals surface area contributed by atoms with E-state index in [2.05, 4.69) is 21.2 Å². The van der Waals surface area contributed by atoms with E-state index in [-0.39, 0.29) is 12.5 Å². The fraction of sp³-hybridized carbons (Fsp3) is 0.143. The molecule has 0 fully saturated rings. The van der Waals surface area contributed by atoms with Crippen molar-refractivity contribution in [2.24, 2.45) is 5.73 Å². The lowest BCUT2D eigenvalue weighted by atomic mass is 10.1. The Bertz CT molecular complexity index is 673. The standard InChI is InChI=1S/C14H13BrN2O3/c15-11-4-3-8-5-10(2-1-9(8)6-11)14(20)17-7-12(18)13(16)19/h1-6,12,18H,7H2,(H2,16,19)(H,17,20). The lowest BCUT2D eigenvalue weighted by Gasteiger charge is -2.09. The van der Waals surface area contributed by atoms with Crippen molar-refractivity contribution < 1.29 is 14.7 Å². The molecule has 0 heterocycles. The summed E-state index contributed by atoms with van der Waals surface area (Å²) in [5.41, 5.74) is 5.36. The smallest absolute Gasteiger partial charge is 0.251 e. The summed E-state index contributed by atoms with van der Waals surface area (Å²) in [6.07, 6.45) is -1.38. The maximum Gasteiger partial charge on any atom is 0.251 e. The van der Waals surface area contributed by atoms with Crippen LogP contribution in [-0.2, 0) is 4.79 Å². The summed E-state index contributed by atoms with van der Waals surface area (Å²) < 4.78 is 0.965. The average molecular weight is 337 g/mol. The van der Waals surface area contributed by atoms with Gasteiger partial charge >= 0.3 is 0 Å². The number of aliphatic hydroxyl groups excluding tert-OH is 1. The van der Waals surface area contributed by atoms with E-state index >= 15 is 0 Å². The number of benzene rings is 2. The van der Waals surface area contributed by atoms with Gasteiger partial charge in [0.15, 0.2) is 0 Å². The molecule has 2 rings (SSSR count). The van der Waals surface area contributed by atoms with Crippen LogP contribution in [-0.4, -0.2) is 29.6 Å². The summed E-state index contributed by atoms with van der Waals surface area (Å²) in [6, 6.07) is 11.0. The first-order valence-electron chi connectivity index (χ1n) is 5.92. The highest BCUT2D eigenvalue weighted by atomic mass is 79.9.